The molecular formula is C57H41NS. The second-order valence-electron chi connectivity index (χ2n) is 16.1. The number of rotatable bonds is 7. The van der Waals surface area contributed by atoms with Crippen molar-refractivity contribution in [3.8, 4) is 54.9 Å². The fourth-order valence-corrected chi connectivity index (χ4v) is 10.7. The minimum Gasteiger partial charge on any atom is -0.311 e. The van der Waals surface area contributed by atoms with Gasteiger partial charge in [0.25, 0.3) is 0 Å². The summed E-state index contributed by atoms with van der Waals surface area (Å²) in [6.45, 7) is 4.77. The van der Waals surface area contributed by atoms with Gasteiger partial charge < -0.3 is 4.90 Å². The Bertz CT molecular complexity index is 3140. The van der Waals surface area contributed by atoms with E-state index in [1.54, 1.807) is 0 Å². The van der Waals surface area contributed by atoms with Crippen LogP contribution in [0.3, 0.4) is 0 Å². The molecule has 0 N–H and O–H groups in total. The lowest BCUT2D eigenvalue weighted by atomic mass is 9.81. The number of fused-ring (bicyclic) bond motifs is 6. The highest BCUT2D eigenvalue weighted by Crippen LogP contribution is 2.57. The first kappa shape index (κ1) is 35.2. The molecule has 280 valence electrons. The lowest BCUT2D eigenvalue weighted by Crippen LogP contribution is -2.14. The van der Waals surface area contributed by atoms with Crippen molar-refractivity contribution < 1.29 is 0 Å². The van der Waals surface area contributed by atoms with Gasteiger partial charge in [0.15, 0.2) is 0 Å². The number of hydrogen-bond acceptors (Lipinski definition) is 2. The third-order valence-electron chi connectivity index (χ3n) is 12.3. The van der Waals surface area contributed by atoms with Gasteiger partial charge in [0, 0.05) is 37.6 Å². The van der Waals surface area contributed by atoms with Gasteiger partial charge in [0.1, 0.15) is 0 Å². The van der Waals surface area contributed by atoms with Crippen molar-refractivity contribution in [2.75, 3.05) is 4.90 Å². The lowest BCUT2D eigenvalue weighted by molar-refractivity contribution is 0.667. The van der Waals surface area contributed by atoms with Crippen molar-refractivity contribution in [1.29, 1.82) is 0 Å². The molecule has 0 radical (unpaired) electrons. The Morgan fingerprint density at radius 3 is 1.53 bits per heavy atom. The summed E-state index contributed by atoms with van der Waals surface area (Å²) in [4.78, 5) is 3.77. The van der Waals surface area contributed by atoms with E-state index >= 15 is 0 Å². The molecule has 59 heavy (non-hydrogen) atoms. The van der Waals surface area contributed by atoms with Crippen molar-refractivity contribution in [2.45, 2.75) is 19.3 Å². The maximum atomic E-state index is 2.38. The fourth-order valence-electron chi connectivity index (χ4n) is 9.23. The third-order valence-corrected chi connectivity index (χ3v) is 13.5. The van der Waals surface area contributed by atoms with Crippen LogP contribution in [0.25, 0.3) is 75.8 Å². The van der Waals surface area contributed by atoms with Crippen LogP contribution in [-0.4, -0.2) is 0 Å². The standard InChI is InChI=1S/C57H41NS/c1-57(2)52-17-10-16-50(54(52)56-55(57)51-15-8-9-18-53(51)59-56)44-22-19-40(20-23-44)42-27-33-48(34-28-42)58(47-31-25-41(26-32-47)38-11-4-3-5-12-38)49-35-29-43(30-36-49)46-24-21-39-13-6-7-14-45(39)37-46/h3-37H,1-2H3. The predicted octanol–water partition coefficient (Wildman–Crippen LogP) is 16.5. The molecule has 11 rings (SSSR count). The van der Waals surface area contributed by atoms with Crippen LogP contribution in [0.4, 0.5) is 17.1 Å². The summed E-state index contributed by atoms with van der Waals surface area (Å²) in [5.74, 6) is 0. The van der Waals surface area contributed by atoms with Gasteiger partial charge in [-0.25, -0.2) is 0 Å². The van der Waals surface area contributed by atoms with E-state index in [-0.39, 0.29) is 5.41 Å². The van der Waals surface area contributed by atoms with Crippen LogP contribution >= 0.6 is 11.3 Å². The summed E-state index contributed by atoms with van der Waals surface area (Å²) >= 11 is 1.94. The van der Waals surface area contributed by atoms with Gasteiger partial charge in [0.2, 0.25) is 0 Å². The van der Waals surface area contributed by atoms with Crippen LogP contribution in [0.5, 0.6) is 0 Å². The second-order valence-corrected chi connectivity index (χ2v) is 17.2. The van der Waals surface area contributed by atoms with Crippen molar-refractivity contribution in [3.63, 3.8) is 0 Å². The molecule has 9 aromatic carbocycles. The van der Waals surface area contributed by atoms with Crippen LogP contribution in [-0.2, 0) is 5.41 Å². The van der Waals surface area contributed by atoms with Crippen molar-refractivity contribution >= 4 is 49.3 Å². The Kier molecular flexibility index (Phi) is 8.43. The predicted molar refractivity (Wildman–Crippen MR) is 253 cm³/mol. The highest BCUT2D eigenvalue weighted by Gasteiger charge is 2.39. The summed E-state index contributed by atoms with van der Waals surface area (Å²) in [6, 6.07) is 77.6. The topological polar surface area (TPSA) is 3.24 Å². The first-order valence-corrected chi connectivity index (χ1v) is 21.2. The molecule has 0 fully saturated rings. The van der Waals surface area contributed by atoms with Crippen molar-refractivity contribution in [1.82, 2.24) is 0 Å². The average Bonchev–Trinajstić information content (AvgIpc) is 3.80. The molecule has 0 bridgehead atoms. The molecule has 2 heteroatoms. The maximum absolute atomic E-state index is 2.38. The van der Waals surface area contributed by atoms with Gasteiger partial charge >= 0.3 is 0 Å². The summed E-state index contributed by atoms with van der Waals surface area (Å²) < 4.78 is 1.37. The molecule has 1 nitrogen and oxygen atoms in total. The van der Waals surface area contributed by atoms with E-state index in [2.05, 4.69) is 231 Å². The Morgan fingerprint density at radius 1 is 0.390 bits per heavy atom. The third kappa shape index (κ3) is 6.07. The monoisotopic (exact) mass is 771 g/mol. The average molecular weight is 772 g/mol. The number of nitrogens with zero attached hydrogens (tertiary/aromatic N) is 1. The highest BCUT2D eigenvalue weighted by molar-refractivity contribution is 7.22. The summed E-state index contributed by atoms with van der Waals surface area (Å²) in [5, 5.41) is 3.90. The Balaban J connectivity index is 0.921. The Hall–Kier alpha value is -7.00. The molecule has 0 amide bonds. The van der Waals surface area contributed by atoms with Gasteiger partial charge in [0.05, 0.1) is 0 Å². The van der Waals surface area contributed by atoms with E-state index in [1.807, 2.05) is 11.3 Å². The van der Waals surface area contributed by atoms with E-state index in [4.69, 9.17) is 0 Å². The second kappa shape index (κ2) is 14.1. The van der Waals surface area contributed by atoms with E-state index < -0.39 is 0 Å². The summed E-state index contributed by atoms with van der Waals surface area (Å²) in [5.41, 5.74) is 17.4. The number of benzene rings is 9. The zero-order valence-electron chi connectivity index (χ0n) is 33.1. The first-order chi connectivity index (χ1) is 29.0. The molecule has 0 saturated heterocycles. The Labute approximate surface area is 350 Å². The number of hydrogen-bond donors (Lipinski definition) is 0. The van der Waals surface area contributed by atoms with Gasteiger partial charge in [-0.3, -0.25) is 0 Å². The molecule has 1 aromatic heterocycles. The molecule has 1 heterocycles. The summed E-state index contributed by atoms with van der Waals surface area (Å²) in [6.07, 6.45) is 0. The van der Waals surface area contributed by atoms with E-state index in [1.165, 1.54) is 86.9 Å². The minimum atomic E-state index is -0.0426. The van der Waals surface area contributed by atoms with E-state index in [0.717, 1.165) is 17.1 Å². The quantitative estimate of drug-likeness (QED) is 0.156. The zero-order valence-corrected chi connectivity index (χ0v) is 33.9. The maximum Gasteiger partial charge on any atom is 0.0462 e. The molecule has 0 saturated carbocycles. The first-order valence-electron chi connectivity index (χ1n) is 20.4. The van der Waals surface area contributed by atoms with Gasteiger partial charge in [-0.2, -0.15) is 0 Å². The number of thiophene rings is 1. The van der Waals surface area contributed by atoms with Crippen molar-refractivity contribution in [2.24, 2.45) is 0 Å². The molecule has 0 spiro atoms. The molecule has 10 aromatic rings. The van der Waals surface area contributed by atoms with Crippen LogP contribution in [0.2, 0.25) is 0 Å². The highest BCUT2D eigenvalue weighted by atomic mass is 32.1. The summed E-state index contributed by atoms with van der Waals surface area (Å²) in [7, 11) is 0. The van der Waals surface area contributed by atoms with Crippen LogP contribution in [0, 0.1) is 0 Å². The van der Waals surface area contributed by atoms with E-state index in [9.17, 15) is 0 Å². The number of anilines is 3. The largest absolute Gasteiger partial charge is 0.311 e. The molecule has 1 aliphatic carbocycles. The fraction of sp³-hybridized carbons (Fsp3) is 0.0526. The van der Waals surface area contributed by atoms with Crippen LogP contribution in [0.1, 0.15) is 25.0 Å². The van der Waals surface area contributed by atoms with Gasteiger partial charge in [-0.05, 0) is 120 Å². The SMILES string of the molecule is CC1(C)c2cccc(-c3ccc(-c4ccc(N(c5ccc(-c6ccccc6)cc5)c5ccc(-c6ccc7ccccc7c6)cc5)cc4)cc3)c2-c2sc3ccccc3c21. The zero-order chi connectivity index (χ0) is 39.5. The van der Waals surface area contributed by atoms with Gasteiger partial charge in [-0.1, -0.05) is 178 Å². The van der Waals surface area contributed by atoms with E-state index in [0.29, 0.717) is 0 Å². The molecule has 0 aliphatic heterocycles. The molecule has 1 aliphatic rings. The lowest BCUT2D eigenvalue weighted by Gasteiger charge is -2.26. The Morgan fingerprint density at radius 2 is 0.881 bits per heavy atom. The molecular weight excluding hydrogens is 731 g/mol. The minimum absolute atomic E-state index is 0.0426. The smallest absolute Gasteiger partial charge is 0.0462 e. The molecule has 0 atom stereocenters. The normalized spacial score (nSPS) is 12.7. The van der Waals surface area contributed by atoms with Gasteiger partial charge in [-0.15, -0.1) is 11.3 Å². The van der Waals surface area contributed by atoms with Crippen molar-refractivity contribution in [3.05, 3.63) is 223 Å². The van der Waals surface area contributed by atoms with Crippen LogP contribution in [0.15, 0.2) is 212 Å². The molecule has 0 unspecified atom stereocenters. The van der Waals surface area contributed by atoms with Crippen LogP contribution < -0.4 is 4.90 Å².